The molecule has 3 aromatic rings. The highest BCUT2D eigenvalue weighted by Crippen LogP contribution is 2.38. The molecule has 2 aliphatic rings. The van der Waals surface area contributed by atoms with E-state index in [0.717, 1.165) is 35.2 Å². The lowest BCUT2D eigenvalue weighted by molar-refractivity contribution is -0.127. The molecule has 3 aromatic heterocycles. The van der Waals surface area contributed by atoms with Crippen molar-refractivity contribution in [3.8, 4) is 17.0 Å². The fourth-order valence-corrected chi connectivity index (χ4v) is 5.14. The Hall–Kier alpha value is -3.53. The van der Waals surface area contributed by atoms with Crippen molar-refractivity contribution in [3.05, 3.63) is 41.9 Å². The summed E-state index contributed by atoms with van der Waals surface area (Å²) in [5, 5.41) is 7.66. The fraction of sp³-hybridized carbons (Fsp3) is 0.348. The van der Waals surface area contributed by atoms with E-state index in [0.29, 0.717) is 41.5 Å². The number of thiazole rings is 1. The van der Waals surface area contributed by atoms with Crippen LogP contribution in [0.2, 0.25) is 0 Å². The number of nitrogens with one attached hydrogen (secondary N) is 1. The number of nitrogens with zero attached hydrogens (tertiary/aromatic N) is 5. The average Bonchev–Trinajstić information content (AvgIpc) is 3.54. The Labute approximate surface area is 194 Å². The van der Waals surface area contributed by atoms with Crippen LogP contribution >= 0.6 is 11.3 Å². The second-order valence-electron chi connectivity index (χ2n) is 8.17. The Balaban J connectivity index is 1.36. The number of methoxy groups -OCH3 is 1. The van der Waals surface area contributed by atoms with E-state index in [1.807, 2.05) is 30.3 Å². The van der Waals surface area contributed by atoms with Crippen molar-refractivity contribution < 1.29 is 14.3 Å². The summed E-state index contributed by atoms with van der Waals surface area (Å²) in [7, 11) is 3.41. The van der Waals surface area contributed by atoms with E-state index < -0.39 is 0 Å². The van der Waals surface area contributed by atoms with Crippen LogP contribution in [0.5, 0.6) is 5.88 Å². The highest BCUT2D eigenvalue weighted by molar-refractivity contribution is 7.23. The minimum absolute atomic E-state index is 0.170. The van der Waals surface area contributed by atoms with Crippen LogP contribution in [0.4, 0.5) is 5.13 Å². The van der Waals surface area contributed by atoms with Gasteiger partial charge in [-0.3, -0.25) is 19.6 Å². The number of pyridine rings is 1. The van der Waals surface area contributed by atoms with Crippen LogP contribution in [0.1, 0.15) is 25.7 Å². The maximum atomic E-state index is 12.9. The molecular weight excluding hydrogens is 440 g/mol. The summed E-state index contributed by atoms with van der Waals surface area (Å²) in [6.45, 7) is 1.48. The summed E-state index contributed by atoms with van der Waals surface area (Å²) >= 11 is 1.39. The predicted molar refractivity (Wildman–Crippen MR) is 126 cm³/mol. The predicted octanol–water partition coefficient (Wildman–Crippen LogP) is 3.31. The zero-order chi connectivity index (χ0) is 22.9. The van der Waals surface area contributed by atoms with Gasteiger partial charge in [0.2, 0.25) is 11.8 Å². The van der Waals surface area contributed by atoms with E-state index in [1.54, 1.807) is 24.2 Å². The van der Waals surface area contributed by atoms with Crippen LogP contribution in [0, 0.1) is 0 Å². The van der Waals surface area contributed by atoms with Gasteiger partial charge in [-0.2, -0.15) is 5.10 Å². The third-order valence-electron chi connectivity index (χ3n) is 5.91. The van der Waals surface area contributed by atoms with Gasteiger partial charge >= 0.3 is 0 Å². The molecule has 170 valence electrons. The number of rotatable bonds is 6. The minimum Gasteiger partial charge on any atom is -0.479 e. The normalized spacial score (nSPS) is 16.2. The lowest BCUT2D eigenvalue weighted by atomic mass is 9.97. The van der Waals surface area contributed by atoms with Crippen molar-refractivity contribution in [2.24, 2.45) is 7.05 Å². The summed E-state index contributed by atoms with van der Waals surface area (Å²) in [5.41, 5.74) is 4.29. The number of likely N-dealkylation sites (tertiary alicyclic amines) is 1. The number of aromatic nitrogens is 4. The molecule has 0 radical (unpaired) electrons. The maximum Gasteiger partial charge on any atom is 0.253 e. The summed E-state index contributed by atoms with van der Waals surface area (Å²) in [6, 6.07) is 0. The lowest BCUT2D eigenvalue weighted by Gasteiger charge is -2.20. The molecule has 5 rings (SSSR count). The molecule has 9 nitrogen and oxygen atoms in total. The van der Waals surface area contributed by atoms with Crippen molar-refractivity contribution in [1.29, 1.82) is 0 Å². The first-order valence-electron chi connectivity index (χ1n) is 10.8. The van der Waals surface area contributed by atoms with Gasteiger partial charge in [-0.15, -0.1) is 0 Å². The molecule has 1 aliphatic carbocycles. The smallest absolute Gasteiger partial charge is 0.253 e. The van der Waals surface area contributed by atoms with Gasteiger partial charge in [0.25, 0.3) is 5.91 Å². The number of fused-ring (bicyclic) bond motifs is 1. The number of aryl methyl sites for hydroxylation is 1. The Morgan fingerprint density at radius 1 is 1.24 bits per heavy atom. The molecule has 0 unspecified atom stereocenters. The molecule has 1 aliphatic heterocycles. The van der Waals surface area contributed by atoms with Gasteiger partial charge in [0.15, 0.2) is 5.13 Å². The second-order valence-corrected chi connectivity index (χ2v) is 9.17. The Morgan fingerprint density at radius 3 is 2.79 bits per heavy atom. The van der Waals surface area contributed by atoms with Crippen LogP contribution in [-0.2, 0) is 16.6 Å². The SMILES string of the molecule is COc1ncc(-c2cnn(C)c2)c2sc(NC(=O)C3=CC=C(CN4CCCC4=O)CC3)nc12. The first-order chi connectivity index (χ1) is 16.0. The molecular formula is C23H24N6O3S. The largest absolute Gasteiger partial charge is 0.479 e. The van der Waals surface area contributed by atoms with E-state index in [1.165, 1.54) is 16.9 Å². The highest BCUT2D eigenvalue weighted by atomic mass is 32.1. The molecule has 33 heavy (non-hydrogen) atoms. The quantitative estimate of drug-likeness (QED) is 0.601. The number of ether oxygens (including phenoxy) is 1. The van der Waals surface area contributed by atoms with Gasteiger partial charge in [-0.25, -0.2) is 9.97 Å². The van der Waals surface area contributed by atoms with Gasteiger partial charge in [-0.05, 0) is 19.3 Å². The Bertz CT molecular complexity index is 1300. The van der Waals surface area contributed by atoms with Crippen molar-refractivity contribution in [1.82, 2.24) is 24.6 Å². The molecule has 1 fully saturated rings. The summed E-state index contributed by atoms with van der Waals surface area (Å²) < 4.78 is 7.99. The number of hydrogen-bond acceptors (Lipinski definition) is 7. The first kappa shape index (κ1) is 21.3. The van der Waals surface area contributed by atoms with Crippen molar-refractivity contribution in [3.63, 3.8) is 0 Å². The van der Waals surface area contributed by atoms with Crippen molar-refractivity contribution in [2.45, 2.75) is 25.7 Å². The van der Waals surface area contributed by atoms with Gasteiger partial charge in [0.1, 0.15) is 5.52 Å². The minimum atomic E-state index is -0.170. The molecule has 0 bridgehead atoms. The van der Waals surface area contributed by atoms with Gasteiger partial charge in [0, 0.05) is 55.7 Å². The lowest BCUT2D eigenvalue weighted by Crippen LogP contribution is -2.27. The third kappa shape index (κ3) is 4.25. The van der Waals surface area contributed by atoms with Crippen LogP contribution in [0.3, 0.4) is 0 Å². The van der Waals surface area contributed by atoms with Crippen LogP contribution in [0.15, 0.2) is 41.9 Å². The highest BCUT2D eigenvalue weighted by Gasteiger charge is 2.23. The monoisotopic (exact) mass is 464 g/mol. The van der Waals surface area contributed by atoms with Crippen LogP contribution < -0.4 is 10.1 Å². The number of carbonyl (C=O) groups excluding carboxylic acids is 2. The average molecular weight is 465 g/mol. The number of carbonyl (C=O) groups is 2. The zero-order valence-corrected chi connectivity index (χ0v) is 19.3. The standard InChI is InChI=1S/C23H24N6O3S/c1-28-13-16(10-25-28)17-11-24-22(32-2)19-20(17)33-23(26-19)27-21(31)15-7-5-14(6-8-15)12-29-9-3-4-18(29)30/h5,7,10-11,13H,3-4,6,8-9,12H2,1-2H3,(H,26,27,31). The molecule has 4 heterocycles. The topological polar surface area (TPSA) is 102 Å². The van der Waals surface area contributed by atoms with Gasteiger partial charge in [0.05, 0.1) is 18.0 Å². The van der Waals surface area contributed by atoms with Crippen LogP contribution in [0.25, 0.3) is 21.3 Å². The Kier molecular flexibility index (Phi) is 5.67. The molecule has 2 amide bonds. The van der Waals surface area contributed by atoms with E-state index in [2.05, 4.69) is 20.4 Å². The Morgan fingerprint density at radius 2 is 2.12 bits per heavy atom. The molecule has 10 heteroatoms. The van der Waals surface area contributed by atoms with Gasteiger partial charge < -0.3 is 9.64 Å². The van der Waals surface area contributed by atoms with E-state index in [-0.39, 0.29) is 11.8 Å². The van der Waals surface area contributed by atoms with Crippen molar-refractivity contribution >= 4 is 38.5 Å². The maximum absolute atomic E-state index is 12.9. The fourth-order valence-electron chi connectivity index (χ4n) is 4.15. The zero-order valence-electron chi connectivity index (χ0n) is 18.5. The number of anilines is 1. The number of allylic oxidation sites excluding steroid dienone is 2. The van der Waals surface area contributed by atoms with E-state index in [9.17, 15) is 9.59 Å². The molecule has 0 aromatic carbocycles. The summed E-state index contributed by atoms with van der Waals surface area (Å²) in [4.78, 5) is 35.6. The van der Waals surface area contributed by atoms with Gasteiger partial charge in [-0.1, -0.05) is 29.1 Å². The molecule has 0 atom stereocenters. The van der Waals surface area contributed by atoms with Crippen molar-refractivity contribution in [2.75, 3.05) is 25.5 Å². The van der Waals surface area contributed by atoms with Crippen LogP contribution in [-0.4, -0.2) is 56.7 Å². The number of hydrogen-bond donors (Lipinski definition) is 1. The second kappa shape index (κ2) is 8.78. The summed E-state index contributed by atoms with van der Waals surface area (Å²) in [6.07, 6.45) is 12.2. The van der Waals surface area contributed by atoms with E-state index >= 15 is 0 Å². The van der Waals surface area contributed by atoms with E-state index in [4.69, 9.17) is 4.74 Å². The molecule has 1 saturated heterocycles. The molecule has 0 spiro atoms. The number of amides is 2. The molecule has 1 N–H and O–H groups in total. The molecule has 0 saturated carbocycles. The summed E-state index contributed by atoms with van der Waals surface area (Å²) in [5.74, 6) is 0.460. The third-order valence-corrected chi connectivity index (χ3v) is 6.91. The first-order valence-corrected chi connectivity index (χ1v) is 11.6.